The lowest BCUT2D eigenvalue weighted by molar-refractivity contribution is -0.134. The van der Waals surface area contributed by atoms with Gasteiger partial charge in [-0.2, -0.15) is 0 Å². The van der Waals surface area contributed by atoms with Crippen LogP contribution in [0.2, 0.25) is 0 Å². The highest BCUT2D eigenvalue weighted by Crippen LogP contribution is 2.33. The molecule has 2 fully saturated rings. The van der Waals surface area contributed by atoms with Gasteiger partial charge in [0.05, 0.1) is 19.5 Å². The number of nitrogens with zero attached hydrogens (tertiary/aromatic N) is 4. The van der Waals surface area contributed by atoms with Crippen LogP contribution in [0.1, 0.15) is 49.1 Å². The van der Waals surface area contributed by atoms with Crippen LogP contribution in [0.3, 0.4) is 0 Å². The molecular formula is C21H28N4O3. The smallest absolute Gasteiger partial charge is 0.291 e. The van der Waals surface area contributed by atoms with Gasteiger partial charge in [-0.05, 0) is 44.4 Å². The zero-order valence-electron chi connectivity index (χ0n) is 16.4. The van der Waals surface area contributed by atoms with Crippen molar-refractivity contribution in [3.8, 4) is 5.75 Å². The lowest BCUT2D eigenvalue weighted by atomic mass is 9.93. The van der Waals surface area contributed by atoms with E-state index in [1.165, 1.54) is 12.4 Å². The number of ether oxygens (including phenoxy) is 1. The maximum atomic E-state index is 12.9. The Morgan fingerprint density at radius 3 is 2.64 bits per heavy atom. The first kappa shape index (κ1) is 18.9. The van der Waals surface area contributed by atoms with Crippen molar-refractivity contribution in [2.24, 2.45) is 11.8 Å². The second-order valence-corrected chi connectivity index (χ2v) is 7.97. The third kappa shape index (κ3) is 3.75. The molecule has 150 valence electrons. The first-order valence-electron chi connectivity index (χ1n) is 10.3. The van der Waals surface area contributed by atoms with Crippen molar-refractivity contribution in [3.05, 3.63) is 30.4 Å². The Morgan fingerprint density at radius 2 is 1.93 bits per heavy atom. The summed E-state index contributed by atoms with van der Waals surface area (Å²) >= 11 is 0. The van der Waals surface area contributed by atoms with Gasteiger partial charge in [-0.15, -0.1) is 0 Å². The number of carbonyl (C=O) groups is 2. The van der Waals surface area contributed by atoms with Gasteiger partial charge in [0.15, 0.2) is 5.75 Å². The third-order valence-corrected chi connectivity index (χ3v) is 6.31. The molecule has 0 bridgehead atoms. The maximum Gasteiger partial charge on any atom is 0.291 e. The molecule has 3 heterocycles. The number of methoxy groups -OCH3 is 1. The lowest BCUT2D eigenvalue weighted by Crippen LogP contribution is -2.42. The van der Waals surface area contributed by atoms with Crippen molar-refractivity contribution in [2.75, 3.05) is 26.7 Å². The van der Waals surface area contributed by atoms with E-state index in [-0.39, 0.29) is 23.7 Å². The standard InChI is InChI=1S/C21H28N4O3/c1-28-17-12-22-19(23-13-17)21(27)25-10-5-8-18(25)16-9-11-24(14-16)20(26)15-6-3-2-4-7-15/h2-3,12-13,15-16,18H,4-11,14H2,1H3. The van der Waals surface area contributed by atoms with Crippen LogP contribution in [0.15, 0.2) is 24.5 Å². The van der Waals surface area contributed by atoms with Crippen molar-refractivity contribution in [1.82, 2.24) is 19.8 Å². The largest absolute Gasteiger partial charge is 0.494 e. The van der Waals surface area contributed by atoms with Gasteiger partial charge in [0.1, 0.15) is 0 Å². The second kappa shape index (κ2) is 8.29. The highest BCUT2D eigenvalue weighted by atomic mass is 16.5. The van der Waals surface area contributed by atoms with Crippen LogP contribution in [-0.4, -0.2) is 64.4 Å². The SMILES string of the molecule is COc1cnc(C(=O)N2CCCC2C2CCN(C(=O)C3CC=CCC3)C2)nc1. The normalized spacial score (nSPS) is 27.2. The molecule has 7 heteroatoms. The fraction of sp³-hybridized carbons (Fsp3) is 0.619. The molecule has 1 aromatic rings. The van der Waals surface area contributed by atoms with Crippen molar-refractivity contribution in [1.29, 1.82) is 0 Å². The van der Waals surface area contributed by atoms with Gasteiger partial charge < -0.3 is 14.5 Å². The Balaban J connectivity index is 1.40. The lowest BCUT2D eigenvalue weighted by Gasteiger charge is -2.29. The van der Waals surface area contributed by atoms with Crippen LogP contribution in [0, 0.1) is 11.8 Å². The maximum absolute atomic E-state index is 12.9. The molecule has 7 nitrogen and oxygen atoms in total. The summed E-state index contributed by atoms with van der Waals surface area (Å²) in [7, 11) is 1.55. The van der Waals surface area contributed by atoms with Crippen molar-refractivity contribution in [2.45, 2.75) is 44.6 Å². The van der Waals surface area contributed by atoms with E-state index in [4.69, 9.17) is 4.74 Å². The summed E-state index contributed by atoms with van der Waals surface area (Å²) in [6.45, 7) is 2.30. The molecule has 0 aromatic carbocycles. The van der Waals surface area contributed by atoms with Gasteiger partial charge in [0.2, 0.25) is 11.7 Å². The van der Waals surface area contributed by atoms with E-state index in [1.807, 2.05) is 9.80 Å². The first-order chi connectivity index (χ1) is 13.7. The van der Waals surface area contributed by atoms with Gasteiger partial charge in [-0.25, -0.2) is 9.97 Å². The molecule has 0 spiro atoms. The van der Waals surface area contributed by atoms with E-state index in [2.05, 4.69) is 22.1 Å². The van der Waals surface area contributed by atoms with Crippen LogP contribution in [0.4, 0.5) is 0 Å². The number of amides is 2. The van der Waals surface area contributed by atoms with E-state index in [1.54, 1.807) is 7.11 Å². The molecule has 2 amide bonds. The Bertz CT molecular complexity index is 749. The molecule has 28 heavy (non-hydrogen) atoms. The summed E-state index contributed by atoms with van der Waals surface area (Å²) < 4.78 is 5.07. The molecule has 1 aliphatic carbocycles. The van der Waals surface area contributed by atoms with E-state index < -0.39 is 0 Å². The molecular weight excluding hydrogens is 356 g/mol. The van der Waals surface area contributed by atoms with Crippen molar-refractivity contribution < 1.29 is 14.3 Å². The highest BCUT2D eigenvalue weighted by Gasteiger charge is 2.40. The van der Waals surface area contributed by atoms with Crippen LogP contribution in [0.5, 0.6) is 5.75 Å². The minimum absolute atomic E-state index is 0.118. The van der Waals surface area contributed by atoms with E-state index in [0.29, 0.717) is 17.6 Å². The van der Waals surface area contributed by atoms with Gasteiger partial charge in [0.25, 0.3) is 5.91 Å². The average molecular weight is 384 g/mol. The molecule has 2 saturated heterocycles. The highest BCUT2D eigenvalue weighted by molar-refractivity contribution is 5.91. The minimum Gasteiger partial charge on any atom is -0.494 e. The molecule has 0 saturated carbocycles. The molecule has 1 aromatic heterocycles. The molecule has 3 atom stereocenters. The Labute approximate surface area is 165 Å². The summed E-state index contributed by atoms with van der Waals surface area (Å²) in [5, 5.41) is 0. The fourth-order valence-corrected chi connectivity index (χ4v) is 4.77. The van der Waals surface area contributed by atoms with Crippen LogP contribution in [-0.2, 0) is 4.79 Å². The predicted octanol–water partition coefficient (Wildman–Crippen LogP) is 2.29. The molecule has 4 rings (SSSR count). The number of hydrogen-bond donors (Lipinski definition) is 0. The summed E-state index contributed by atoms with van der Waals surface area (Å²) in [4.78, 5) is 38.1. The first-order valence-corrected chi connectivity index (χ1v) is 10.3. The van der Waals surface area contributed by atoms with Crippen molar-refractivity contribution in [3.63, 3.8) is 0 Å². The Kier molecular flexibility index (Phi) is 5.59. The quantitative estimate of drug-likeness (QED) is 0.745. The van der Waals surface area contributed by atoms with E-state index in [9.17, 15) is 9.59 Å². The number of likely N-dealkylation sites (tertiary alicyclic amines) is 2. The number of carbonyl (C=O) groups excluding carboxylic acids is 2. The van der Waals surface area contributed by atoms with Crippen LogP contribution in [0.25, 0.3) is 0 Å². The molecule has 0 N–H and O–H groups in total. The van der Waals surface area contributed by atoms with Crippen LogP contribution >= 0.6 is 0 Å². The van der Waals surface area contributed by atoms with Gasteiger partial charge in [-0.3, -0.25) is 9.59 Å². The predicted molar refractivity (Wildman–Crippen MR) is 104 cm³/mol. The topological polar surface area (TPSA) is 75.6 Å². The second-order valence-electron chi connectivity index (χ2n) is 7.97. The summed E-state index contributed by atoms with van der Waals surface area (Å²) in [6.07, 6.45) is 13.1. The third-order valence-electron chi connectivity index (χ3n) is 6.31. The zero-order valence-corrected chi connectivity index (χ0v) is 16.4. The number of rotatable bonds is 4. The summed E-state index contributed by atoms with van der Waals surface area (Å²) in [6, 6.07) is 0.169. The molecule has 3 aliphatic rings. The van der Waals surface area contributed by atoms with E-state index >= 15 is 0 Å². The molecule has 2 aliphatic heterocycles. The van der Waals surface area contributed by atoms with Crippen LogP contribution < -0.4 is 4.74 Å². The monoisotopic (exact) mass is 384 g/mol. The average Bonchev–Trinajstić information content (AvgIpc) is 3.43. The molecule has 3 unspecified atom stereocenters. The molecule has 0 radical (unpaired) electrons. The number of allylic oxidation sites excluding steroid dienone is 2. The van der Waals surface area contributed by atoms with Gasteiger partial charge in [-0.1, -0.05) is 12.2 Å². The number of hydrogen-bond acceptors (Lipinski definition) is 5. The fourth-order valence-electron chi connectivity index (χ4n) is 4.77. The summed E-state index contributed by atoms with van der Waals surface area (Å²) in [5.74, 6) is 1.41. The summed E-state index contributed by atoms with van der Waals surface area (Å²) in [5.41, 5.74) is 0. The zero-order chi connectivity index (χ0) is 19.5. The van der Waals surface area contributed by atoms with E-state index in [0.717, 1.165) is 58.2 Å². The Morgan fingerprint density at radius 1 is 1.11 bits per heavy atom. The van der Waals surface area contributed by atoms with Crippen molar-refractivity contribution >= 4 is 11.8 Å². The number of aromatic nitrogens is 2. The Hall–Kier alpha value is -2.44. The minimum atomic E-state index is -0.118. The van der Waals surface area contributed by atoms with Gasteiger partial charge in [0, 0.05) is 31.6 Å². The van der Waals surface area contributed by atoms with Gasteiger partial charge >= 0.3 is 0 Å².